The van der Waals surface area contributed by atoms with Crippen LogP contribution in [0.3, 0.4) is 0 Å². The Labute approximate surface area is 105 Å². The second kappa shape index (κ2) is 3.82. The SMILES string of the molecule is CCCCN1C[C@@]23C=C[C@@H](O2)[C@H](C(=O)[O-])[C@H]3C1=O. The second-order valence-electron chi connectivity index (χ2n) is 5.33. The first-order valence-electron chi connectivity index (χ1n) is 6.46. The first-order chi connectivity index (χ1) is 8.59. The number of ether oxygens (including phenoxy) is 1. The number of amides is 1. The number of fused-ring (bicyclic) bond motifs is 1. The third-order valence-corrected chi connectivity index (χ3v) is 4.23. The largest absolute Gasteiger partial charge is 0.550 e. The molecule has 0 N–H and O–H groups in total. The molecule has 2 fully saturated rings. The molecule has 2 saturated heterocycles. The van der Waals surface area contributed by atoms with Crippen LogP contribution in [0, 0.1) is 11.8 Å². The number of carbonyl (C=O) groups is 2. The van der Waals surface area contributed by atoms with Gasteiger partial charge in [-0.15, -0.1) is 0 Å². The average molecular weight is 250 g/mol. The Bertz CT molecular complexity index is 433. The Hall–Kier alpha value is -1.36. The summed E-state index contributed by atoms with van der Waals surface area (Å²) in [5, 5.41) is 11.2. The van der Waals surface area contributed by atoms with E-state index in [4.69, 9.17) is 4.74 Å². The zero-order valence-corrected chi connectivity index (χ0v) is 10.3. The molecule has 0 aromatic carbocycles. The molecular weight excluding hydrogens is 234 g/mol. The van der Waals surface area contributed by atoms with Crippen molar-refractivity contribution < 1.29 is 19.4 Å². The van der Waals surface area contributed by atoms with Crippen LogP contribution in [0.2, 0.25) is 0 Å². The summed E-state index contributed by atoms with van der Waals surface area (Å²) in [6.45, 7) is 3.22. The van der Waals surface area contributed by atoms with Gasteiger partial charge in [0.1, 0.15) is 5.60 Å². The molecule has 98 valence electrons. The third-order valence-electron chi connectivity index (χ3n) is 4.23. The number of carboxylic acid groups (broad SMARTS) is 1. The maximum absolute atomic E-state index is 12.3. The van der Waals surface area contributed by atoms with Crippen LogP contribution < -0.4 is 5.11 Å². The first kappa shape index (κ1) is 11.7. The number of hydrogen-bond acceptors (Lipinski definition) is 4. The summed E-state index contributed by atoms with van der Waals surface area (Å²) in [4.78, 5) is 25.2. The molecule has 1 amide bonds. The standard InChI is InChI=1S/C13H17NO4/c1-2-3-6-14-7-13-5-4-8(18-13)9(12(16)17)10(13)11(14)15/h4-5,8-10H,2-3,6-7H2,1H3,(H,16,17)/p-1/t8-,9+,10+,13-/m1/s1. The number of nitrogens with zero attached hydrogens (tertiary/aromatic N) is 1. The van der Waals surface area contributed by atoms with Crippen molar-refractivity contribution in [1.29, 1.82) is 0 Å². The van der Waals surface area contributed by atoms with E-state index in [2.05, 4.69) is 6.92 Å². The van der Waals surface area contributed by atoms with Gasteiger partial charge in [0.05, 0.1) is 18.6 Å². The van der Waals surface area contributed by atoms with Crippen LogP contribution in [0.15, 0.2) is 12.2 Å². The number of aliphatic carboxylic acids is 1. The Morgan fingerprint density at radius 3 is 3.11 bits per heavy atom. The van der Waals surface area contributed by atoms with E-state index in [0.29, 0.717) is 13.1 Å². The van der Waals surface area contributed by atoms with Crippen molar-refractivity contribution in [2.75, 3.05) is 13.1 Å². The molecule has 5 heteroatoms. The minimum absolute atomic E-state index is 0.0931. The number of unbranched alkanes of at least 4 members (excludes halogenated alkanes) is 1. The average Bonchev–Trinajstić information content (AvgIpc) is 2.95. The summed E-state index contributed by atoms with van der Waals surface area (Å²) in [6.07, 6.45) is 5.07. The van der Waals surface area contributed by atoms with Crippen molar-refractivity contribution in [1.82, 2.24) is 4.90 Å². The summed E-state index contributed by atoms with van der Waals surface area (Å²) in [5.74, 6) is -2.69. The highest BCUT2D eigenvalue weighted by Crippen LogP contribution is 2.51. The van der Waals surface area contributed by atoms with Crippen molar-refractivity contribution in [2.24, 2.45) is 11.8 Å². The van der Waals surface area contributed by atoms with Crippen molar-refractivity contribution >= 4 is 11.9 Å². The zero-order chi connectivity index (χ0) is 12.9. The smallest absolute Gasteiger partial charge is 0.229 e. The van der Waals surface area contributed by atoms with Crippen LogP contribution in [0.1, 0.15) is 19.8 Å². The normalized spacial score (nSPS) is 40.6. The van der Waals surface area contributed by atoms with Crippen molar-refractivity contribution in [2.45, 2.75) is 31.5 Å². The zero-order valence-electron chi connectivity index (χ0n) is 10.3. The molecule has 0 saturated carbocycles. The molecule has 3 aliphatic rings. The molecule has 0 aromatic heterocycles. The van der Waals surface area contributed by atoms with Crippen LogP contribution in [0.5, 0.6) is 0 Å². The first-order valence-corrected chi connectivity index (χ1v) is 6.46. The van der Waals surface area contributed by atoms with E-state index in [1.165, 1.54) is 0 Å². The van der Waals surface area contributed by atoms with Gasteiger partial charge in [-0.25, -0.2) is 0 Å². The minimum atomic E-state index is -1.18. The van der Waals surface area contributed by atoms with Gasteiger partial charge in [0.2, 0.25) is 5.91 Å². The summed E-state index contributed by atoms with van der Waals surface area (Å²) < 4.78 is 5.74. The van der Waals surface area contributed by atoms with Gasteiger partial charge in [-0.1, -0.05) is 25.5 Å². The minimum Gasteiger partial charge on any atom is -0.550 e. The number of likely N-dealkylation sites (tertiary alicyclic amines) is 1. The van der Waals surface area contributed by atoms with Crippen molar-refractivity contribution in [3.8, 4) is 0 Å². The van der Waals surface area contributed by atoms with Gasteiger partial charge >= 0.3 is 0 Å². The Morgan fingerprint density at radius 1 is 1.67 bits per heavy atom. The highest BCUT2D eigenvalue weighted by Gasteiger charge is 2.65. The van der Waals surface area contributed by atoms with E-state index in [1.807, 2.05) is 6.08 Å². The predicted molar refractivity (Wildman–Crippen MR) is 60.2 cm³/mol. The molecule has 1 spiro atoms. The van der Waals surface area contributed by atoms with Crippen molar-refractivity contribution in [3.05, 3.63) is 12.2 Å². The van der Waals surface area contributed by atoms with Crippen LogP contribution in [0.4, 0.5) is 0 Å². The monoisotopic (exact) mass is 250 g/mol. The Morgan fingerprint density at radius 2 is 2.44 bits per heavy atom. The molecule has 4 atom stereocenters. The maximum atomic E-state index is 12.3. The molecule has 0 unspecified atom stereocenters. The number of rotatable bonds is 4. The second-order valence-corrected chi connectivity index (χ2v) is 5.33. The number of hydrogen-bond donors (Lipinski definition) is 0. The lowest BCUT2D eigenvalue weighted by atomic mass is 9.77. The highest BCUT2D eigenvalue weighted by atomic mass is 16.5. The molecule has 0 radical (unpaired) electrons. The van der Waals surface area contributed by atoms with Gasteiger partial charge in [-0.05, 0) is 6.42 Å². The van der Waals surface area contributed by atoms with Crippen molar-refractivity contribution in [3.63, 3.8) is 0 Å². The highest BCUT2D eigenvalue weighted by molar-refractivity contribution is 5.90. The quantitative estimate of drug-likeness (QED) is 0.620. The topological polar surface area (TPSA) is 69.7 Å². The lowest BCUT2D eigenvalue weighted by Gasteiger charge is -2.24. The summed E-state index contributed by atoms with van der Waals surface area (Å²) in [5.41, 5.74) is -0.708. The molecule has 2 bridgehead atoms. The van der Waals surface area contributed by atoms with Crippen LogP contribution in [-0.4, -0.2) is 41.6 Å². The molecule has 0 aromatic rings. The fraction of sp³-hybridized carbons (Fsp3) is 0.692. The fourth-order valence-electron chi connectivity index (χ4n) is 3.39. The maximum Gasteiger partial charge on any atom is 0.229 e. The van der Waals surface area contributed by atoms with Crippen LogP contribution in [-0.2, 0) is 14.3 Å². The lowest BCUT2D eigenvalue weighted by molar-refractivity contribution is -0.313. The van der Waals surface area contributed by atoms with Gasteiger partial charge in [-0.3, -0.25) is 4.79 Å². The Balaban J connectivity index is 1.87. The molecule has 3 aliphatic heterocycles. The molecule has 0 aliphatic carbocycles. The molecule has 5 nitrogen and oxygen atoms in total. The van der Waals surface area contributed by atoms with E-state index in [-0.39, 0.29) is 5.91 Å². The van der Waals surface area contributed by atoms with E-state index in [1.54, 1.807) is 11.0 Å². The van der Waals surface area contributed by atoms with E-state index < -0.39 is 29.5 Å². The van der Waals surface area contributed by atoms with Crippen LogP contribution >= 0.6 is 0 Å². The lowest BCUT2D eigenvalue weighted by Crippen LogP contribution is -2.45. The molecule has 3 rings (SSSR count). The summed E-state index contributed by atoms with van der Waals surface area (Å²) in [6, 6.07) is 0. The molecule has 3 heterocycles. The summed E-state index contributed by atoms with van der Waals surface area (Å²) in [7, 11) is 0. The van der Waals surface area contributed by atoms with Gasteiger partial charge in [0, 0.05) is 18.4 Å². The predicted octanol–water partition coefficient (Wildman–Crippen LogP) is -0.682. The fourth-order valence-corrected chi connectivity index (χ4v) is 3.39. The Kier molecular flexibility index (Phi) is 2.48. The summed E-state index contributed by atoms with van der Waals surface area (Å²) >= 11 is 0. The number of carbonyl (C=O) groups excluding carboxylic acids is 2. The number of carboxylic acids is 1. The molecular formula is C13H16NO4-. The van der Waals surface area contributed by atoms with E-state index >= 15 is 0 Å². The van der Waals surface area contributed by atoms with Gasteiger partial charge in [0.25, 0.3) is 0 Å². The van der Waals surface area contributed by atoms with E-state index in [0.717, 1.165) is 12.8 Å². The van der Waals surface area contributed by atoms with Gasteiger partial charge in [0.15, 0.2) is 0 Å². The van der Waals surface area contributed by atoms with Gasteiger partial charge in [-0.2, -0.15) is 0 Å². The van der Waals surface area contributed by atoms with E-state index in [9.17, 15) is 14.7 Å². The molecule has 18 heavy (non-hydrogen) atoms. The van der Waals surface area contributed by atoms with Gasteiger partial charge < -0.3 is 19.5 Å². The third kappa shape index (κ3) is 1.37. The van der Waals surface area contributed by atoms with Crippen LogP contribution in [0.25, 0.3) is 0 Å².